The van der Waals surface area contributed by atoms with Gasteiger partial charge in [0.2, 0.25) is 0 Å². The molecule has 0 amide bonds. The first-order valence-electron chi connectivity index (χ1n) is 10.7. The molecule has 4 rings (SSSR count). The van der Waals surface area contributed by atoms with Crippen LogP contribution in [0.25, 0.3) is 0 Å². The summed E-state index contributed by atoms with van der Waals surface area (Å²) in [6.45, 7) is 0. The van der Waals surface area contributed by atoms with Crippen LogP contribution in [0.2, 0.25) is 0 Å². The molecule has 2 heterocycles. The zero-order valence-electron chi connectivity index (χ0n) is 18.3. The molecule has 0 saturated carbocycles. The van der Waals surface area contributed by atoms with E-state index >= 15 is 0 Å². The van der Waals surface area contributed by atoms with Gasteiger partial charge >= 0.3 is 6.18 Å². The molecule has 2 atom stereocenters. The molecule has 2 aliphatic heterocycles. The van der Waals surface area contributed by atoms with Crippen LogP contribution in [0.4, 0.5) is 23.2 Å². The second kappa shape index (κ2) is 10.8. The van der Waals surface area contributed by atoms with E-state index < -0.39 is 17.6 Å². The predicted octanol–water partition coefficient (Wildman–Crippen LogP) is 7.55. The molecule has 180 valence electrons. The molecule has 2 saturated heterocycles. The number of benzene rings is 2. The van der Waals surface area contributed by atoms with Crippen molar-refractivity contribution in [2.24, 2.45) is 0 Å². The Kier molecular flexibility index (Phi) is 7.95. The van der Waals surface area contributed by atoms with Gasteiger partial charge in [-0.25, -0.2) is 4.39 Å². The number of methoxy groups -OCH3 is 1. The van der Waals surface area contributed by atoms with E-state index in [1.165, 1.54) is 18.2 Å². The summed E-state index contributed by atoms with van der Waals surface area (Å²) < 4.78 is 59.7. The standard InChI is InChI=1S/C24H22F4N2OS3/c1-31-19-7-3-2-6-17(19)30-18(20-8-4-5-11-32-20)14-33-23(30)22(13-29)34-21-12-15(24(26,27)28)9-10-16(21)25/h2-3,6-7,9-10,12,18,20H,4-5,8,11,14H2,1H3. The lowest BCUT2D eigenvalue weighted by Crippen LogP contribution is -2.40. The maximum Gasteiger partial charge on any atom is 0.416 e. The maximum atomic E-state index is 14.5. The number of rotatable bonds is 5. The Morgan fingerprint density at radius 3 is 2.68 bits per heavy atom. The van der Waals surface area contributed by atoms with Crippen LogP contribution < -0.4 is 9.64 Å². The van der Waals surface area contributed by atoms with Crippen LogP contribution in [0.5, 0.6) is 5.75 Å². The molecule has 0 N–H and O–H groups in total. The third-order valence-corrected chi connectivity index (χ3v) is 9.53. The Morgan fingerprint density at radius 1 is 1.21 bits per heavy atom. The zero-order chi connectivity index (χ0) is 24.3. The fraction of sp³-hybridized carbons (Fsp3) is 0.375. The largest absolute Gasteiger partial charge is 0.495 e. The van der Waals surface area contributed by atoms with E-state index in [4.69, 9.17) is 4.74 Å². The van der Waals surface area contributed by atoms with Crippen molar-refractivity contribution in [3.8, 4) is 11.8 Å². The SMILES string of the molecule is COc1ccccc1N1C(=C(C#N)Sc2cc(C(F)(F)F)ccc2F)SCC1C1CCCCS1. The highest BCUT2D eigenvalue weighted by Crippen LogP contribution is 2.49. The molecule has 0 aromatic heterocycles. The summed E-state index contributed by atoms with van der Waals surface area (Å²) >= 11 is 4.13. The Labute approximate surface area is 208 Å². The first kappa shape index (κ1) is 25.1. The highest BCUT2D eigenvalue weighted by Gasteiger charge is 2.40. The molecule has 0 aliphatic carbocycles. The summed E-state index contributed by atoms with van der Waals surface area (Å²) in [7, 11) is 1.58. The van der Waals surface area contributed by atoms with Gasteiger partial charge in [-0.1, -0.05) is 30.3 Å². The van der Waals surface area contributed by atoms with Crippen LogP contribution in [-0.4, -0.2) is 29.9 Å². The highest BCUT2D eigenvalue weighted by molar-refractivity contribution is 8.07. The Morgan fingerprint density at radius 2 is 2.00 bits per heavy atom. The van der Waals surface area contributed by atoms with Crippen molar-refractivity contribution in [1.82, 2.24) is 0 Å². The number of thioether (sulfide) groups is 3. The minimum absolute atomic E-state index is 0.0805. The molecule has 2 aliphatic rings. The lowest BCUT2D eigenvalue weighted by molar-refractivity contribution is -0.137. The number of alkyl halides is 3. The number of hydrogen-bond donors (Lipinski definition) is 0. The maximum absolute atomic E-state index is 14.5. The van der Waals surface area contributed by atoms with Gasteiger partial charge in [-0.05, 0) is 48.9 Å². The van der Waals surface area contributed by atoms with E-state index in [1.807, 2.05) is 36.0 Å². The number of nitriles is 1. The zero-order valence-corrected chi connectivity index (χ0v) is 20.7. The number of nitrogens with zero attached hydrogens (tertiary/aromatic N) is 2. The van der Waals surface area contributed by atoms with Gasteiger partial charge in [-0.2, -0.15) is 30.2 Å². The summed E-state index contributed by atoms with van der Waals surface area (Å²) in [6, 6.07) is 12.0. The molecule has 0 radical (unpaired) electrons. The molecular weight excluding hydrogens is 504 g/mol. The van der Waals surface area contributed by atoms with Crippen LogP contribution in [-0.2, 0) is 6.18 Å². The number of ether oxygens (including phenoxy) is 1. The Bertz CT molecular complexity index is 1110. The number of para-hydroxylation sites is 2. The van der Waals surface area contributed by atoms with Gasteiger partial charge in [0.15, 0.2) is 0 Å². The van der Waals surface area contributed by atoms with Crippen molar-refractivity contribution >= 4 is 41.0 Å². The summed E-state index contributed by atoms with van der Waals surface area (Å²) in [4.78, 5) is 2.01. The number of allylic oxidation sites excluding steroid dienone is 1. The minimum Gasteiger partial charge on any atom is -0.495 e. The van der Waals surface area contributed by atoms with Crippen molar-refractivity contribution in [3.63, 3.8) is 0 Å². The monoisotopic (exact) mass is 526 g/mol. The van der Waals surface area contributed by atoms with Gasteiger partial charge in [0.1, 0.15) is 27.6 Å². The van der Waals surface area contributed by atoms with E-state index in [9.17, 15) is 22.8 Å². The van der Waals surface area contributed by atoms with Gasteiger partial charge < -0.3 is 9.64 Å². The molecule has 3 nitrogen and oxygen atoms in total. The Balaban J connectivity index is 1.78. The summed E-state index contributed by atoms with van der Waals surface area (Å²) in [5.74, 6) is 1.64. The van der Waals surface area contributed by atoms with Crippen molar-refractivity contribution in [3.05, 3.63) is 63.8 Å². The summed E-state index contributed by atoms with van der Waals surface area (Å²) in [6.07, 6.45) is -1.25. The van der Waals surface area contributed by atoms with Gasteiger partial charge in [-0.15, -0.1) is 11.8 Å². The van der Waals surface area contributed by atoms with Gasteiger partial charge in [0, 0.05) is 15.9 Å². The first-order valence-corrected chi connectivity index (χ1v) is 13.5. The second-order valence-corrected chi connectivity index (χ2v) is 11.2. The minimum atomic E-state index is -4.60. The van der Waals surface area contributed by atoms with Gasteiger partial charge in [-0.3, -0.25) is 0 Å². The average Bonchev–Trinajstić information content (AvgIpc) is 3.28. The van der Waals surface area contributed by atoms with E-state index in [-0.39, 0.29) is 15.8 Å². The second-order valence-electron chi connectivity index (χ2n) is 7.82. The smallest absolute Gasteiger partial charge is 0.416 e. The van der Waals surface area contributed by atoms with Crippen LogP contribution in [0.15, 0.2) is 57.3 Å². The van der Waals surface area contributed by atoms with E-state index in [0.717, 1.165) is 53.9 Å². The highest BCUT2D eigenvalue weighted by atomic mass is 32.2. The molecule has 2 aromatic carbocycles. The molecular formula is C24H22F4N2OS3. The van der Waals surface area contributed by atoms with Crippen LogP contribution in [0, 0.1) is 17.1 Å². The molecule has 2 unspecified atom stereocenters. The van der Waals surface area contributed by atoms with Crippen molar-refractivity contribution in [2.45, 2.75) is 41.6 Å². The van der Waals surface area contributed by atoms with Crippen LogP contribution in [0.3, 0.4) is 0 Å². The molecule has 10 heteroatoms. The third kappa shape index (κ3) is 5.31. The van der Waals surface area contributed by atoms with Crippen molar-refractivity contribution in [2.75, 3.05) is 23.5 Å². The van der Waals surface area contributed by atoms with Crippen LogP contribution in [0.1, 0.15) is 24.8 Å². The Hall–Kier alpha value is -1.96. The van der Waals surface area contributed by atoms with E-state index in [2.05, 4.69) is 11.0 Å². The topological polar surface area (TPSA) is 36.3 Å². The molecule has 0 spiro atoms. The third-order valence-electron chi connectivity index (χ3n) is 5.70. The number of halogens is 4. The number of anilines is 1. The molecule has 0 bridgehead atoms. The number of hydrogen-bond acceptors (Lipinski definition) is 6. The average molecular weight is 527 g/mol. The first-order chi connectivity index (χ1) is 16.3. The van der Waals surface area contributed by atoms with Crippen molar-refractivity contribution < 1.29 is 22.3 Å². The summed E-state index contributed by atoms with van der Waals surface area (Å²) in [5.41, 5.74) is -0.158. The van der Waals surface area contributed by atoms with Crippen molar-refractivity contribution in [1.29, 1.82) is 5.26 Å². The predicted molar refractivity (Wildman–Crippen MR) is 132 cm³/mol. The van der Waals surface area contributed by atoms with Gasteiger partial charge in [0.25, 0.3) is 0 Å². The fourth-order valence-electron chi connectivity index (χ4n) is 4.08. The normalized spacial score (nSPS) is 22.4. The summed E-state index contributed by atoms with van der Waals surface area (Å²) in [5, 5.41) is 11.0. The molecule has 2 fully saturated rings. The molecule has 2 aromatic rings. The quantitative estimate of drug-likeness (QED) is 0.228. The fourth-order valence-corrected chi connectivity index (χ4v) is 8.01. The lowest BCUT2D eigenvalue weighted by Gasteiger charge is -2.35. The van der Waals surface area contributed by atoms with E-state index in [0.29, 0.717) is 22.1 Å². The van der Waals surface area contributed by atoms with Crippen LogP contribution >= 0.6 is 35.3 Å². The molecule has 34 heavy (non-hydrogen) atoms. The lowest BCUT2D eigenvalue weighted by atomic mass is 10.1. The van der Waals surface area contributed by atoms with Gasteiger partial charge in [0.05, 0.1) is 24.4 Å². The van der Waals surface area contributed by atoms with E-state index in [1.54, 1.807) is 7.11 Å².